The molecule has 2 heterocycles. The van der Waals surface area contributed by atoms with Gasteiger partial charge in [-0.25, -0.2) is 4.79 Å². The van der Waals surface area contributed by atoms with Crippen LogP contribution in [-0.2, 0) is 16.0 Å². The van der Waals surface area contributed by atoms with Crippen molar-refractivity contribution < 1.29 is 19.5 Å². The van der Waals surface area contributed by atoms with Crippen molar-refractivity contribution in [3.63, 3.8) is 0 Å². The van der Waals surface area contributed by atoms with Crippen LogP contribution in [0, 0.1) is 27.7 Å². The van der Waals surface area contributed by atoms with E-state index in [0.29, 0.717) is 17.0 Å². The highest BCUT2D eigenvalue weighted by Crippen LogP contribution is 2.33. The van der Waals surface area contributed by atoms with E-state index in [2.05, 4.69) is 10.6 Å². The van der Waals surface area contributed by atoms with Gasteiger partial charge < -0.3 is 15.7 Å². The number of thiophene rings is 1. The van der Waals surface area contributed by atoms with E-state index >= 15 is 0 Å². The summed E-state index contributed by atoms with van der Waals surface area (Å²) in [6.45, 7) is 7.54. The number of ketones is 1. The molecule has 2 aromatic rings. The first-order valence-electron chi connectivity index (χ1n) is 8.70. The second kappa shape index (κ2) is 7.15. The Morgan fingerprint density at radius 3 is 2.56 bits per heavy atom. The number of Topliss-reactive ketones (excluding diaryl/α,β-unsaturated/α-hetero) is 1. The van der Waals surface area contributed by atoms with Gasteiger partial charge in [0.25, 0.3) is 0 Å². The molecule has 0 spiro atoms. The van der Waals surface area contributed by atoms with Crippen LogP contribution in [0.5, 0.6) is 0 Å². The third kappa shape index (κ3) is 3.73. The number of carbonyl (C=O) groups excluding carboxylic acids is 2. The molecule has 1 amide bonds. The number of amides is 1. The Kier molecular flexibility index (Phi) is 5.06. The number of nitrogens with one attached hydrogen (secondary N) is 2. The number of carboxylic acids is 1. The molecule has 27 heavy (non-hydrogen) atoms. The van der Waals surface area contributed by atoms with Crippen LogP contribution in [0.1, 0.15) is 43.9 Å². The fourth-order valence-corrected chi connectivity index (χ4v) is 4.30. The van der Waals surface area contributed by atoms with Gasteiger partial charge in [-0.2, -0.15) is 0 Å². The van der Waals surface area contributed by atoms with Crippen molar-refractivity contribution in [1.82, 2.24) is 0 Å². The highest BCUT2D eigenvalue weighted by atomic mass is 32.1. The van der Waals surface area contributed by atoms with Crippen LogP contribution in [0.2, 0.25) is 0 Å². The van der Waals surface area contributed by atoms with Crippen LogP contribution in [0.4, 0.5) is 10.7 Å². The van der Waals surface area contributed by atoms with E-state index < -0.39 is 12.0 Å². The number of rotatable bonds is 4. The van der Waals surface area contributed by atoms with Crippen molar-refractivity contribution in [2.45, 2.75) is 46.6 Å². The van der Waals surface area contributed by atoms with Gasteiger partial charge in [0.05, 0.1) is 18.0 Å². The van der Waals surface area contributed by atoms with Gasteiger partial charge >= 0.3 is 5.97 Å². The predicted molar refractivity (Wildman–Crippen MR) is 106 cm³/mol. The van der Waals surface area contributed by atoms with E-state index in [1.807, 2.05) is 32.9 Å². The van der Waals surface area contributed by atoms with Crippen molar-refractivity contribution in [2.24, 2.45) is 0 Å². The average molecular weight is 386 g/mol. The van der Waals surface area contributed by atoms with Gasteiger partial charge in [-0.05, 0) is 56.0 Å². The summed E-state index contributed by atoms with van der Waals surface area (Å²) in [4.78, 5) is 37.2. The van der Waals surface area contributed by atoms with E-state index in [1.54, 1.807) is 6.92 Å². The highest BCUT2D eigenvalue weighted by Gasteiger charge is 2.29. The molecule has 1 atom stereocenters. The Labute approximate surface area is 161 Å². The maximum Gasteiger partial charge on any atom is 0.338 e. The number of carboxylic acid groups (broad SMARTS) is 1. The Hall–Kier alpha value is -2.67. The molecule has 3 N–H and O–H groups in total. The van der Waals surface area contributed by atoms with Crippen LogP contribution in [0.3, 0.4) is 0 Å². The van der Waals surface area contributed by atoms with Crippen LogP contribution < -0.4 is 10.6 Å². The minimum atomic E-state index is -1.07. The molecule has 0 aliphatic carbocycles. The van der Waals surface area contributed by atoms with Crippen molar-refractivity contribution in [2.75, 3.05) is 10.6 Å². The predicted octanol–water partition coefficient (Wildman–Crippen LogP) is 3.61. The van der Waals surface area contributed by atoms with Gasteiger partial charge in [-0.3, -0.25) is 9.59 Å². The smallest absolute Gasteiger partial charge is 0.338 e. The minimum absolute atomic E-state index is 0.0414. The monoisotopic (exact) mass is 386 g/mol. The second-order valence-electron chi connectivity index (χ2n) is 6.98. The van der Waals surface area contributed by atoms with Crippen molar-refractivity contribution >= 4 is 39.7 Å². The molecule has 1 aliphatic rings. The summed E-state index contributed by atoms with van der Waals surface area (Å²) >= 11 is 1.23. The van der Waals surface area contributed by atoms with Crippen molar-refractivity contribution in [3.05, 3.63) is 44.8 Å². The molecule has 0 saturated carbocycles. The first-order chi connectivity index (χ1) is 12.7. The molecule has 1 aromatic heterocycles. The topological polar surface area (TPSA) is 95.5 Å². The number of benzene rings is 1. The zero-order chi connectivity index (χ0) is 19.9. The summed E-state index contributed by atoms with van der Waals surface area (Å²) < 4.78 is 0. The van der Waals surface area contributed by atoms with Gasteiger partial charge in [0, 0.05) is 17.0 Å². The number of anilines is 2. The minimum Gasteiger partial charge on any atom is -0.478 e. The summed E-state index contributed by atoms with van der Waals surface area (Å²) in [5.74, 6) is -1.49. The second-order valence-corrected chi connectivity index (χ2v) is 8.20. The molecule has 1 aromatic carbocycles. The average Bonchev–Trinajstić information content (AvgIpc) is 2.84. The Balaban J connectivity index is 1.75. The van der Waals surface area contributed by atoms with Crippen molar-refractivity contribution in [1.29, 1.82) is 0 Å². The molecule has 3 rings (SSSR count). The first kappa shape index (κ1) is 19.1. The number of fused-ring (bicyclic) bond motifs is 1. The SMILES string of the molecule is Cc1cc2c(cc1C)NC(CC(=O)Nc1sc(C)c(C)c1C(=O)O)C(=O)C2. The molecule has 0 bridgehead atoms. The summed E-state index contributed by atoms with van der Waals surface area (Å²) in [7, 11) is 0. The summed E-state index contributed by atoms with van der Waals surface area (Å²) in [6, 6.07) is 3.38. The number of hydrogen-bond donors (Lipinski definition) is 3. The third-order valence-corrected chi connectivity index (χ3v) is 6.17. The van der Waals surface area contributed by atoms with E-state index in [-0.39, 0.29) is 23.7 Å². The highest BCUT2D eigenvalue weighted by molar-refractivity contribution is 7.16. The van der Waals surface area contributed by atoms with Crippen LogP contribution in [0.15, 0.2) is 12.1 Å². The van der Waals surface area contributed by atoms with Crippen LogP contribution in [0.25, 0.3) is 0 Å². The third-order valence-electron chi connectivity index (χ3n) is 5.04. The zero-order valence-electron chi connectivity index (χ0n) is 15.7. The molecule has 0 saturated heterocycles. The standard InChI is InChI=1S/C20H22N2O4S/c1-9-5-13-7-16(23)15(21-14(13)6-10(9)2)8-17(24)22-19-18(20(25)26)11(3)12(4)27-19/h5-6,15,21H,7-8H2,1-4H3,(H,22,24)(H,25,26). The molecule has 6 nitrogen and oxygen atoms in total. The van der Waals surface area contributed by atoms with Crippen LogP contribution >= 0.6 is 11.3 Å². The quantitative estimate of drug-likeness (QED) is 0.746. The lowest BCUT2D eigenvalue weighted by Crippen LogP contribution is -2.38. The van der Waals surface area contributed by atoms with Gasteiger partial charge in [0.2, 0.25) is 5.91 Å². The zero-order valence-corrected chi connectivity index (χ0v) is 16.5. The van der Waals surface area contributed by atoms with Gasteiger partial charge in [0.1, 0.15) is 5.00 Å². The molecule has 0 radical (unpaired) electrons. The lowest BCUT2D eigenvalue weighted by atomic mass is 9.92. The summed E-state index contributed by atoms with van der Waals surface area (Å²) in [6.07, 6.45) is 0.249. The molecule has 1 unspecified atom stereocenters. The Bertz CT molecular complexity index is 961. The molecular weight excluding hydrogens is 364 g/mol. The number of aromatic carboxylic acids is 1. The maximum atomic E-state index is 12.5. The van der Waals surface area contributed by atoms with Crippen molar-refractivity contribution in [3.8, 4) is 0 Å². The largest absolute Gasteiger partial charge is 0.478 e. The Morgan fingerprint density at radius 1 is 1.22 bits per heavy atom. The Morgan fingerprint density at radius 2 is 1.89 bits per heavy atom. The van der Waals surface area contributed by atoms with E-state index in [4.69, 9.17) is 0 Å². The summed E-state index contributed by atoms with van der Waals surface area (Å²) in [5, 5.41) is 15.5. The summed E-state index contributed by atoms with van der Waals surface area (Å²) in [5.41, 5.74) is 4.83. The van der Waals surface area contributed by atoms with Crippen LogP contribution in [-0.4, -0.2) is 28.8 Å². The number of aryl methyl sites for hydroxylation is 3. The molecule has 0 fully saturated rings. The normalized spacial score (nSPS) is 15.9. The van der Waals surface area contributed by atoms with E-state index in [0.717, 1.165) is 27.3 Å². The molecule has 7 heteroatoms. The van der Waals surface area contributed by atoms with Gasteiger partial charge in [-0.1, -0.05) is 6.07 Å². The molecule has 1 aliphatic heterocycles. The molecule has 142 valence electrons. The number of carbonyl (C=O) groups is 3. The maximum absolute atomic E-state index is 12.5. The fourth-order valence-electron chi connectivity index (χ4n) is 3.24. The molecular formula is C20H22N2O4S. The lowest BCUT2D eigenvalue weighted by Gasteiger charge is -2.26. The number of hydrogen-bond acceptors (Lipinski definition) is 5. The fraction of sp³-hybridized carbons (Fsp3) is 0.350. The van der Waals surface area contributed by atoms with Gasteiger partial charge in [0.15, 0.2) is 5.78 Å². The van der Waals surface area contributed by atoms with E-state index in [9.17, 15) is 19.5 Å². The first-order valence-corrected chi connectivity index (χ1v) is 9.51. The van der Waals surface area contributed by atoms with E-state index in [1.165, 1.54) is 11.3 Å². The van der Waals surface area contributed by atoms with Gasteiger partial charge in [-0.15, -0.1) is 11.3 Å². The lowest BCUT2D eigenvalue weighted by molar-refractivity contribution is -0.123.